The lowest BCUT2D eigenvalue weighted by atomic mass is 10.1. The van der Waals surface area contributed by atoms with E-state index >= 15 is 0 Å². The molecule has 1 aromatic rings. The van der Waals surface area contributed by atoms with E-state index in [2.05, 4.69) is 4.98 Å². The molecule has 1 aliphatic heterocycles. The van der Waals surface area contributed by atoms with Gasteiger partial charge in [-0.25, -0.2) is 8.42 Å². The second-order valence-electron chi connectivity index (χ2n) is 5.13. The number of thioether (sulfide) groups is 1. The van der Waals surface area contributed by atoms with Crippen molar-refractivity contribution in [1.29, 1.82) is 0 Å². The lowest BCUT2D eigenvalue weighted by Crippen LogP contribution is -2.48. The molecule has 7 heteroatoms. The number of nitrogens with zero attached hydrogens (tertiary/aromatic N) is 2. The highest BCUT2D eigenvalue weighted by molar-refractivity contribution is 8.01. The average molecular weight is 329 g/mol. The zero-order chi connectivity index (χ0) is 15.5. The highest BCUT2D eigenvalue weighted by Gasteiger charge is 2.33. The number of rotatable bonds is 5. The van der Waals surface area contributed by atoms with Gasteiger partial charge in [-0.05, 0) is 18.6 Å². The fraction of sp³-hybridized carbons (Fsp3) is 0.643. The van der Waals surface area contributed by atoms with Gasteiger partial charge < -0.3 is 10.6 Å². The van der Waals surface area contributed by atoms with Gasteiger partial charge >= 0.3 is 0 Å². The van der Waals surface area contributed by atoms with Crippen LogP contribution in [0.25, 0.3) is 0 Å². The molecule has 0 amide bonds. The van der Waals surface area contributed by atoms with Gasteiger partial charge in [0.15, 0.2) is 9.84 Å². The van der Waals surface area contributed by atoms with Crippen LogP contribution >= 0.6 is 11.8 Å². The zero-order valence-corrected chi connectivity index (χ0v) is 14.2. The molecule has 0 aromatic carbocycles. The zero-order valence-electron chi connectivity index (χ0n) is 12.5. The minimum absolute atomic E-state index is 0.0638. The first-order valence-corrected chi connectivity index (χ1v) is 10.1. The van der Waals surface area contributed by atoms with Crippen LogP contribution in [0.1, 0.15) is 32.0 Å². The molecule has 1 aliphatic rings. The van der Waals surface area contributed by atoms with Crippen LogP contribution in [0.15, 0.2) is 18.3 Å². The monoisotopic (exact) mass is 329 g/mol. The highest BCUT2D eigenvalue weighted by Crippen LogP contribution is 2.27. The van der Waals surface area contributed by atoms with Gasteiger partial charge in [0, 0.05) is 29.8 Å². The Labute approximate surface area is 131 Å². The molecule has 5 nitrogen and oxygen atoms in total. The van der Waals surface area contributed by atoms with E-state index in [-0.39, 0.29) is 11.8 Å². The Morgan fingerprint density at radius 1 is 1.48 bits per heavy atom. The van der Waals surface area contributed by atoms with Crippen LogP contribution in [0.3, 0.4) is 0 Å². The van der Waals surface area contributed by atoms with Gasteiger partial charge in [-0.15, -0.1) is 0 Å². The Hall–Kier alpha value is -0.790. The van der Waals surface area contributed by atoms with Crippen LogP contribution in [-0.2, 0) is 9.84 Å². The van der Waals surface area contributed by atoms with Crippen molar-refractivity contribution >= 4 is 27.3 Å². The first-order chi connectivity index (χ1) is 9.99. The fourth-order valence-electron chi connectivity index (χ4n) is 2.36. The van der Waals surface area contributed by atoms with Crippen LogP contribution < -0.4 is 10.6 Å². The van der Waals surface area contributed by atoms with Crippen LogP contribution in [0.4, 0.5) is 5.69 Å². The van der Waals surface area contributed by atoms with Gasteiger partial charge in [0.1, 0.15) is 5.37 Å². The SMILES string of the molecule is CC[C@@H](N)c1ccc(N2CCSCC2S(=O)(=O)CC)cn1. The molecule has 118 valence electrons. The standard InChI is InChI=1S/C14H23N3O2S2/c1-3-12(15)13-6-5-11(9-16-13)17-7-8-20-10-14(17)21(18,19)4-2/h5-6,9,12,14H,3-4,7-8,10,15H2,1-2H3/t12-,14?/m1/s1. The van der Waals surface area contributed by atoms with Crippen LogP contribution in [-0.4, -0.2) is 42.6 Å². The molecule has 0 saturated carbocycles. The third-order valence-corrected chi connectivity index (χ3v) is 7.11. The number of pyridine rings is 1. The maximum Gasteiger partial charge on any atom is 0.171 e. The molecular weight excluding hydrogens is 306 g/mol. The molecule has 1 unspecified atom stereocenters. The van der Waals surface area contributed by atoms with Crippen LogP contribution in [0, 0.1) is 0 Å². The fourth-order valence-corrected chi connectivity index (χ4v) is 5.35. The van der Waals surface area contributed by atoms with E-state index in [0.717, 1.165) is 30.1 Å². The van der Waals surface area contributed by atoms with Crippen molar-refractivity contribution in [3.63, 3.8) is 0 Å². The van der Waals surface area contributed by atoms with Gasteiger partial charge in [-0.1, -0.05) is 13.8 Å². The van der Waals surface area contributed by atoms with Gasteiger partial charge in [0.2, 0.25) is 0 Å². The number of aromatic nitrogens is 1. The van der Waals surface area contributed by atoms with E-state index < -0.39 is 15.2 Å². The van der Waals surface area contributed by atoms with E-state index in [0.29, 0.717) is 5.75 Å². The Kier molecular flexibility index (Phi) is 5.51. The summed E-state index contributed by atoms with van der Waals surface area (Å²) < 4.78 is 24.5. The predicted molar refractivity (Wildman–Crippen MR) is 89.4 cm³/mol. The van der Waals surface area contributed by atoms with E-state index in [1.54, 1.807) is 24.9 Å². The van der Waals surface area contributed by atoms with Gasteiger partial charge in [-0.3, -0.25) is 4.98 Å². The summed E-state index contributed by atoms with van der Waals surface area (Å²) in [7, 11) is -3.10. The maximum atomic E-state index is 12.3. The van der Waals surface area contributed by atoms with Crippen molar-refractivity contribution in [2.75, 3.05) is 28.7 Å². The summed E-state index contributed by atoms with van der Waals surface area (Å²) in [4.78, 5) is 6.36. The van der Waals surface area contributed by atoms with E-state index in [9.17, 15) is 8.42 Å². The molecule has 0 radical (unpaired) electrons. The Balaban J connectivity index is 2.26. The molecule has 0 aliphatic carbocycles. The number of hydrogen-bond donors (Lipinski definition) is 1. The van der Waals surface area contributed by atoms with Crippen LogP contribution in [0.5, 0.6) is 0 Å². The molecule has 1 aromatic heterocycles. The summed E-state index contributed by atoms with van der Waals surface area (Å²) in [6.45, 7) is 4.45. The second kappa shape index (κ2) is 6.98. The van der Waals surface area contributed by atoms with E-state index in [1.165, 1.54) is 0 Å². The predicted octanol–water partition coefficient (Wildman–Crippen LogP) is 1.81. The van der Waals surface area contributed by atoms with E-state index in [1.807, 2.05) is 24.0 Å². The van der Waals surface area contributed by atoms with Crippen molar-refractivity contribution < 1.29 is 8.42 Å². The third kappa shape index (κ3) is 3.70. The normalized spacial score (nSPS) is 21.3. The molecule has 0 bridgehead atoms. The highest BCUT2D eigenvalue weighted by atomic mass is 32.2. The van der Waals surface area contributed by atoms with Gasteiger partial charge in [0.25, 0.3) is 0 Å². The summed E-state index contributed by atoms with van der Waals surface area (Å²) >= 11 is 1.69. The third-order valence-electron chi connectivity index (χ3n) is 3.82. The average Bonchev–Trinajstić information content (AvgIpc) is 2.54. The van der Waals surface area contributed by atoms with Crippen molar-refractivity contribution in [3.8, 4) is 0 Å². The van der Waals surface area contributed by atoms with Crippen molar-refractivity contribution in [2.45, 2.75) is 31.7 Å². The topological polar surface area (TPSA) is 76.3 Å². The van der Waals surface area contributed by atoms with E-state index in [4.69, 9.17) is 5.73 Å². The Morgan fingerprint density at radius 2 is 2.24 bits per heavy atom. The van der Waals surface area contributed by atoms with Gasteiger partial charge in [0.05, 0.1) is 17.6 Å². The summed E-state index contributed by atoms with van der Waals surface area (Å²) in [6, 6.07) is 3.78. The Bertz CT molecular complexity index is 560. The summed E-state index contributed by atoms with van der Waals surface area (Å²) in [5.74, 6) is 1.72. The number of hydrogen-bond acceptors (Lipinski definition) is 6. The summed E-state index contributed by atoms with van der Waals surface area (Å²) in [6.07, 6.45) is 2.58. The smallest absolute Gasteiger partial charge is 0.171 e. The first-order valence-electron chi connectivity index (χ1n) is 7.27. The van der Waals surface area contributed by atoms with Gasteiger partial charge in [-0.2, -0.15) is 11.8 Å². The lowest BCUT2D eigenvalue weighted by molar-refractivity contribution is 0.579. The quantitative estimate of drug-likeness (QED) is 0.888. The molecule has 0 spiro atoms. The summed E-state index contributed by atoms with van der Waals surface area (Å²) in [5.41, 5.74) is 7.68. The molecule has 1 fully saturated rings. The molecule has 2 heterocycles. The number of sulfone groups is 1. The maximum absolute atomic E-state index is 12.3. The van der Waals surface area contributed by atoms with Crippen molar-refractivity contribution in [1.82, 2.24) is 4.98 Å². The van der Waals surface area contributed by atoms with Crippen molar-refractivity contribution in [2.24, 2.45) is 5.73 Å². The molecule has 2 rings (SSSR count). The molecule has 2 atom stereocenters. The van der Waals surface area contributed by atoms with Crippen molar-refractivity contribution in [3.05, 3.63) is 24.0 Å². The first kappa shape index (κ1) is 16.6. The lowest BCUT2D eigenvalue weighted by Gasteiger charge is -2.36. The van der Waals surface area contributed by atoms with Crippen LogP contribution in [0.2, 0.25) is 0 Å². The number of nitrogens with two attached hydrogens (primary N) is 1. The second-order valence-corrected chi connectivity index (χ2v) is 8.73. The molecular formula is C14H23N3O2S2. The minimum atomic E-state index is -3.10. The largest absolute Gasteiger partial charge is 0.352 e. The molecule has 1 saturated heterocycles. The summed E-state index contributed by atoms with van der Waals surface area (Å²) in [5, 5.41) is -0.450. The molecule has 21 heavy (non-hydrogen) atoms. The Morgan fingerprint density at radius 3 is 2.81 bits per heavy atom. The minimum Gasteiger partial charge on any atom is -0.352 e. The number of anilines is 1. The molecule has 2 N–H and O–H groups in total.